The summed E-state index contributed by atoms with van der Waals surface area (Å²) in [4.78, 5) is 10.7. The van der Waals surface area contributed by atoms with Crippen LogP contribution in [-0.2, 0) is 16.6 Å². The van der Waals surface area contributed by atoms with Crippen LogP contribution in [-0.4, -0.2) is 35.8 Å². The van der Waals surface area contributed by atoms with Gasteiger partial charge >= 0.3 is 5.97 Å². The molecule has 0 amide bonds. The van der Waals surface area contributed by atoms with Crippen molar-refractivity contribution < 1.29 is 18.3 Å². The van der Waals surface area contributed by atoms with Gasteiger partial charge in [0, 0.05) is 30.9 Å². The number of thiophene rings is 1. The molecule has 108 valence electrons. The number of sulfonamides is 1. The lowest BCUT2D eigenvalue weighted by Crippen LogP contribution is -2.25. The summed E-state index contributed by atoms with van der Waals surface area (Å²) in [5, 5.41) is 14.1. The minimum Gasteiger partial charge on any atom is -0.477 e. The quantitative estimate of drug-likeness (QED) is 0.743. The molecule has 2 rings (SSSR count). The molecule has 0 fully saturated rings. The molecule has 0 saturated heterocycles. The molecule has 2 aromatic rings. The largest absolute Gasteiger partial charge is 0.477 e. The minimum absolute atomic E-state index is 0.00177. The molecule has 9 heteroatoms. The third-order valence-corrected chi connectivity index (χ3v) is 5.02. The van der Waals surface area contributed by atoms with Crippen molar-refractivity contribution >= 4 is 27.3 Å². The third-order valence-electron chi connectivity index (χ3n) is 2.51. The Bertz CT molecular complexity index is 676. The molecule has 7 nitrogen and oxygen atoms in total. The highest BCUT2D eigenvalue weighted by Crippen LogP contribution is 2.18. The Morgan fingerprint density at radius 1 is 1.50 bits per heavy atom. The molecule has 0 aliphatic rings. The van der Waals surface area contributed by atoms with Crippen LogP contribution in [0, 0.1) is 0 Å². The molecule has 2 heterocycles. The van der Waals surface area contributed by atoms with Crippen molar-refractivity contribution in [2.75, 3.05) is 6.54 Å². The Morgan fingerprint density at radius 2 is 2.30 bits per heavy atom. The maximum absolute atomic E-state index is 11.9. The summed E-state index contributed by atoms with van der Waals surface area (Å²) < 4.78 is 28.0. The Labute approximate surface area is 119 Å². The summed E-state index contributed by atoms with van der Waals surface area (Å²) in [5.41, 5.74) is 0. The highest BCUT2D eigenvalue weighted by atomic mass is 32.2. The Balaban J connectivity index is 1.88. The second kappa shape index (κ2) is 6.16. The predicted octanol–water partition coefficient (Wildman–Crippen LogP) is 1.01. The van der Waals surface area contributed by atoms with Gasteiger partial charge in [-0.3, -0.25) is 4.68 Å². The van der Waals surface area contributed by atoms with Gasteiger partial charge in [0.05, 0.1) is 4.90 Å². The number of carbonyl (C=O) groups is 1. The SMILES string of the molecule is O=C(O)c1cc(S(=O)(=O)NCCCn2cccn2)cs1. The van der Waals surface area contributed by atoms with E-state index in [1.807, 2.05) is 0 Å². The molecule has 0 aromatic carbocycles. The molecule has 0 aliphatic carbocycles. The molecular weight excluding hydrogens is 302 g/mol. The number of rotatable bonds is 7. The van der Waals surface area contributed by atoms with Crippen LogP contribution in [0.4, 0.5) is 0 Å². The molecule has 2 aromatic heterocycles. The zero-order chi connectivity index (χ0) is 14.6. The van der Waals surface area contributed by atoms with Gasteiger partial charge in [-0.05, 0) is 18.6 Å². The monoisotopic (exact) mass is 315 g/mol. The number of nitrogens with one attached hydrogen (secondary N) is 1. The first-order valence-electron chi connectivity index (χ1n) is 5.78. The second-order valence-corrected chi connectivity index (χ2v) is 6.65. The number of aromatic nitrogens is 2. The fourth-order valence-corrected chi connectivity index (χ4v) is 3.72. The molecule has 0 spiro atoms. The predicted molar refractivity (Wildman–Crippen MR) is 73.3 cm³/mol. The molecule has 0 bridgehead atoms. The van der Waals surface area contributed by atoms with E-state index in [1.165, 1.54) is 5.38 Å². The molecule has 2 N–H and O–H groups in total. The highest BCUT2D eigenvalue weighted by molar-refractivity contribution is 7.89. The Kier molecular flexibility index (Phi) is 4.53. The number of carboxylic acids is 1. The van der Waals surface area contributed by atoms with E-state index in [0.717, 1.165) is 17.4 Å². The van der Waals surface area contributed by atoms with E-state index in [-0.39, 0.29) is 16.3 Å². The number of carboxylic acid groups (broad SMARTS) is 1. The summed E-state index contributed by atoms with van der Waals surface area (Å²) in [5.74, 6) is -1.13. The summed E-state index contributed by atoms with van der Waals surface area (Å²) in [6.45, 7) is 0.875. The number of nitrogens with zero attached hydrogens (tertiary/aromatic N) is 2. The van der Waals surface area contributed by atoms with Gasteiger partial charge in [-0.2, -0.15) is 5.10 Å². The van der Waals surface area contributed by atoms with Crippen LogP contribution < -0.4 is 4.72 Å². The maximum Gasteiger partial charge on any atom is 0.345 e. The van der Waals surface area contributed by atoms with Crippen LogP contribution >= 0.6 is 11.3 Å². The van der Waals surface area contributed by atoms with E-state index in [4.69, 9.17) is 5.11 Å². The van der Waals surface area contributed by atoms with Gasteiger partial charge in [-0.25, -0.2) is 17.9 Å². The minimum atomic E-state index is -3.65. The number of hydrogen-bond donors (Lipinski definition) is 2. The van der Waals surface area contributed by atoms with Gasteiger partial charge in [0.15, 0.2) is 0 Å². The van der Waals surface area contributed by atoms with E-state index in [1.54, 1.807) is 23.1 Å². The third kappa shape index (κ3) is 3.65. The van der Waals surface area contributed by atoms with Crippen molar-refractivity contribution in [3.63, 3.8) is 0 Å². The lowest BCUT2D eigenvalue weighted by molar-refractivity contribution is 0.0702. The standard InChI is InChI=1S/C11H13N3O4S2/c15-11(16)10-7-9(8-19-10)20(17,18)13-4-2-6-14-5-1-3-12-14/h1,3,5,7-8,13H,2,4,6H2,(H,15,16). The first kappa shape index (κ1) is 14.7. The number of aryl methyl sites for hydroxylation is 1. The molecule has 0 unspecified atom stereocenters. The zero-order valence-corrected chi connectivity index (χ0v) is 12.0. The van der Waals surface area contributed by atoms with Crippen LogP contribution in [0.3, 0.4) is 0 Å². The number of hydrogen-bond acceptors (Lipinski definition) is 5. The fourth-order valence-electron chi connectivity index (χ4n) is 1.54. The second-order valence-electron chi connectivity index (χ2n) is 3.97. The van der Waals surface area contributed by atoms with Crippen LogP contribution in [0.1, 0.15) is 16.1 Å². The molecule has 0 aliphatic heterocycles. The summed E-state index contributed by atoms with van der Waals surface area (Å²) >= 11 is 0.889. The van der Waals surface area contributed by atoms with Crippen molar-refractivity contribution in [3.05, 3.63) is 34.8 Å². The molecule has 20 heavy (non-hydrogen) atoms. The van der Waals surface area contributed by atoms with Gasteiger partial charge in [-0.1, -0.05) is 0 Å². The van der Waals surface area contributed by atoms with E-state index in [0.29, 0.717) is 13.0 Å². The van der Waals surface area contributed by atoms with Crippen LogP contribution in [0.5, 0.6) is 0 Å². The highest BCUT2D eigenvalue weighted by Gasteiger charge is 2.17. The van der Waals surface area contributed by atoms with Crippen LogP contribution in [0.15, 0.2) is 34.8 Å². The average molecular weight is 315 g/mol. The normalized spacial score (nSPS) is 11.6. The van der Waals surface area contributed by atoms with Crippen LogP contribution in [0.2, 0.25) is 0 Å². The molecular formula is C11H13N3O4S2. The van der Waals surface area contributed by atoms with Crippen LogP contribution in [0.25, 0.3) is 0 Å². The van der Waals surface area contributed by atoms with E-state index in [9.17, 15) is 13.2 Å². The molecule has 0 atom stereocenters. The van der Waals surface area contributed by atoms with Gasteiger partial charge < -0.3 is 5.11 Å². The van der Waals surface area contributed by atoms with E-state index >= 15 is 0 Å². The lowest BCUT2D eigenvalue weighted by atomic mass is 10.4. The smallest absolute Gasteiger partial charge is 0.345 e. The molecule has 0 saturated carbocycles. The van der Waals surface area contributed by atoms with E-state index < -0.39 is 16.0 Å². The summed E-state index contributed by atoms with van der Waals surface area (Å²) in [6.07, 6.45) is 4.05. The Morgan fingerprint density at radius 3 is 2.90 bits per heavy atom. The lowest BCUT2D eigenvalue weighted by Gasteiger charge is -2.05. The van der Waals surface area contributed by atoms with Crippen molar-refractivity contribution in [2.45, 2.75) is 17.9 Å². The van der Waals surface area contributed by atoms with Gasteiger partial charge in [0.1, 0.15) is 4.88 Å². The maximum atomic E-state index is 11.9. The van der Waals surface area contributed by atoms with Crippen molar-refractivity contribution in [1.29, 1.82) is 0 Å². The summed E-state index contributed by atoms with van der Waals surface area (Å²) in [6, 6.07) is 2.95. The van der Waals surface area contributed by atoms with Crippen molar-refractivity contribution in [1.82, 2.24) is 14.5 Å². The van der Waals surface area contributed by atoms with E-state index in [2.05, 4.69) is 9.82 Å². The topological polar surface area (TPSA) is 101 Å². The van der Waals surface area contributed by atoms with Crippen molar-refractivity contribution in [3.8, 4) is 0 Å². The zero-order valence-electron chi connectivity index (χ0n) is 10.4. The van der Waals surface area contributed by atoms with Gasteiger partial charge in [0.2, 0.25) is 10.0 Å². The number of aromatic carboxylic acids is 1. The Hall–Kier alpha value is -1.71. The van der Waals surface area contributed by atoms with Gasteiger partial charge in [-0.15, -0.1) is 11.3 Å². The molecule has 0 radical (unpaired) electrons. The van der Waals surface area contributed by atoms with Crippen molar-refractivity contribution in [2.24, 2.45) is 0 Å². The first-order valence-corrected chi connectivity index (χ1v) is 8.14. The first-order chi connectivity index (χ1) is 9.49. The fraction of sp³-hybridized carbons (Fsp3) is 0.273. The summed E-state index contributed by atoms with van der Waals surface area (Å²) in [7, 11) is -3.65. The average Bonchev–Trinajstić information content (AvgIpc) is 3.05. The van der Waals surface area contributed by atoms with Gasteiger partial charge in [0.25, 0.3) is 0 Å².